The van der Waals surface area contributed by atoms with Gasteiger partial charge in [-0.3, -0.25) is 19.3 Å². The summed E-state index contributed by atoms with van der Waals surface area (Å²) in [5.41, 5.74) is 6.37. The van der Waals surface area contributed by atoms with Crippen molar-refractivity contribution in [3.63, 3.8) is 0 Å². The number of rotatable bonds is 7. The van der Waals surface area contributed by atoms with E-state index in [1.54, 1.807) is 18.2 Å². The first-order valence-corrected chi connectivity index (χ1v) is 6.44. The summed E-state index contributed by atoms with van der Waals surface area (Å²) in [7, 11) is 0. The van der Waals surface area contributed by atoms with Crippen molar-refractivity contribution >= 4 is 35.1 Å². The molecule has 0 aliphatic heterocycles. The number of hydrogen-bond donors (Lipinski definition) is 3. The molecule has 4 N–H and O–H groups in total. The second-order valence-electron chi connectivity index (χ2n) is 4.54. The molecular formula is C13H16ClN3O4. The maximum Gasteiger partial charge on any atom is 0.317 e. The maximum absolute atomic E-state index is 11.9. The number of benzene rings is 1. The van der Waals surface area contributed by atoms with Crippen molar-refractivity contribution in [2.45, 2.75) is 6.92 Å². The number of nitrogens with one attached hydrogen (secondary N) is 1. The fourth-order valence-corrected chi connectivity index (χ4v) is 1.98. The molecule has 7 nitrogen and oxygen atoms in total. The number of amides is 2. The second kappa shape index (κ2) is 7.61. The minimum Gasteiger partial charge on any atom is -0.480 e. The lowest BCUT2D eigenvalue weighted by molar-refractivity contribution is -0.138. The first-order valence-electron chi connectivity index (χ1n) is 6.06. The Morgan fingerprint density at radius 3 is 2.48 bits per heavy atom. The lowest BCUT2D eigenvalue weighted by atomic mass is 10.2. The van der Waals surface area contributed by atoms with Gasteiger partial charge in [-0.2, -0.15) is 0 Å². The quantitative estimate of drug-likeness (QED) is 0.677. The smallest absolute Gasteiger partial charge is 0.317 e. The largest absolute Gasteiger partial charge is 0.480 e. The van der Waals surface area contributed by atoms with E-state index < -0.39 is 24.3 Å². The molecule has 0 bridgehead atoms. The number of hydrogen-bond acceptors (Lipinski definition) is 4. The standard InChI is InChI=1S/C13H16ClN3O4/c1-8-2-3-10(9(14)4-8)16-12(19)6-17(5-11(15)18)7-13(20)21/h2-4H,5-7H2,1H3,(H2,15,18)(H,16,19)(H,20,21). The molecule has 8 heteroatoms. The van der Waals surface area contributed by atoms with E-state index in [1.807, 2.05) is 6.92 Å². The van der Waals surface area contributed by atoms with Gasteiger partial charge in [-0.25, -0.2) is 0 Å². The number of nitrogens with two attached hydrogens (primary N) is 1. The summed E-state index contributed by atoms with van der Waals surface area (Å²) in [6, 6.07) is 5.11. The molecule has 0 aliphatic rings. The van der Waals surface area contributed by atoms with Crippen molar-refractivity contribution in [2.75, 3.05) is 25.0 Å². The summed E-state index contributed by atoms with van der Waals surface area (Å²) in [5.74, 6) is -2.35. The Labute approximate surface area is 126 Å². The highest BCUT2D eigenvalue weighted by molar-refractivity contribution is 6.33. The zero-order valence-corrected chi connectivity index (χ0v) is 12.2. The van der Waals surface area contributed by atoms with Crippen LogP contribution < -0.4 is 11.1 Å². The SMILES string of the molecule is Cc1ccc(NC(=O)CN(CC(N)=O)CC(=O)O)c(Cl)c1. The molecule has 1 aromatic carbocycles. The van der Waals surface area contributed by atoms with E-state index >= 15 is 0 Å². The Kier molecular flexibility index (Phi) is 6.13. The van der Waals surface area contributed by atoms with Crippen molar-refractivity contribution in [3.05, 3.63) is 28.8 Å². The van der Waals surface area contributed by atoms with Crippen molar-refractivity contribution in [1.82, 2.24) is 4.90 Å². The number of nitrogens with zero attached hydrogens (tertiary/aromatic N) is 1. The van der Waals surface area contributed by atoms with E-state index in [0.717, 1.165) is 10.5 Å². The van der Waals surface area contributed by atoms with Crippen LogP contribution in [-0.4, -0.2) is 47.4 Å². The summed E-state index contributed by atoms with van der Waals surface area (Å²) in [6.45, 7) is 0.803. The maximum atomic E-state index is 11.9. The molecule has 114 valence electrons. The molecule has 1 rings (SSSR count). The van der Waals surface area contributed by atoms with Gasteiger partial charge in [0.1, 0.15) is 0 Å². The summed E-state index contributed by atoms with van der Waals surface area (Å²) in [4.78, 5) is 34.5. The van der Waals surface area contributed by atoms with Crippen LogP contribution in [0.3, 0.4) is 0 Å². The van der Waals surface area contributed by atoms with Crippen molar-refractivity contribution in [1.29, 1.82) is 0 Å². The van der Waals surface area contributed by atoms with Gasteiger partial charge < -0.3 is 16.2 Å². The zero-order chi connectivity index (χ0) is 16.0. The van der Waals surface area contributed by atoms with Gasteiger partial charge in [-0.05, 0) is 24.6 Å². The highest BCUT2D eigenvalue weighted by atomic mass is 35.5. The number of anilines is 1. The average Bonchev–Trinajstić information content (AvgIpc) is 2.30. The minimum atomic E-state index is -1.16. The Morgan fingerprint density at radius 2 is 1.95 bits per heavy atom. The van der Waals surface area contributed by atoms with Gasteiger partial charge in [0.2, 0.25) is 11.8 Å². The van der Waals surface area contributed by atoms with Crippen LogP contribution in [0, 0.1) is 6.92 Å². The van der Waals surface area contributed by atoms with Gasteiger partial charge in [-0.1, -0.05) is 17.7 Å². The molecular weight excluding hydrogens is 298 g/mol. The van der Waals surface area contributed by atoms with Crippen LogP contribution in [0.4, 0.5) is 5.69 Å². The molecule has 0 fully saturated rings. The highest BCUT2D eigenvalue weighted by Crippen LogP contribution is 2.22. The molecule has 0 atom stereocenters. The van der Waals surface area contributed by atoms with Crippen LogP contribution in [-0.2, 0) is 14.4 Å². The normalized spacial score (nSPS) is 10.4. The number of halogens is 1. The van der Waals surface area contributed by atoms with Crippen molar-refractivity contribution in [2.24, 2.45) is 5.73 Å². The molecule has 0 spiro atoms. The number of aliphatic carboxylic acids is 1. The molecule has 0 saturated heterocycles. The zero-order valence-electron chi connectivity index (χ0n) is 11.4. The first-order chi connectivity index (χ1) is 9.77. The summed E-state index contributed by atoms with van der Waals surface area (Å²) in [6.07, 6.45) is 0. The minimum absolute atomic E-state index is 0.278. The Morgan fingerprint density at radius 1 is 1.29 bits per heavy atom. The van der Waals surface area contributed by atoms with Gasteiger partial charge in [0.15, 0.2) is 0 Å². The molecule has 0 heterocycles. The second-order valence-corrected chi connectivity index (χ2v) is 4.94. The van der Waals surface area contributed by atoms with Gasteiger partial charge in [0, 0.05) is 0 Å². The molecule has 0 unspecified atom stereocenters. The summed E-state index contributed by atoms with van der Waals surface area (Å²) < 4.78 is 0. The van der Waals surface area contributed by atoms with Crippen molar-refractivity contribution < 1.29 is 19.5 Å². The van der Waals surface area contributed by atoms with E-state index in [9.17, 15) is 14.4 Å². The Hall–Kier alpha value is -2.12. The molecule has 0 aliphatic carbocycles. The summed E-state index contributed by atoms with van der Waals surface area (Å²) in [5, 5.41) is 11.7. The first kappa shape index (κ1) is 16.9. The van der Waals surface area contributed by atoms with Crippen LogP contribution in [0.15, 0.2) is 18.2 Å². The lowest BCUT2D eigenvalue weighted by Crippen LogP contribution is -2.41. The molecule has 2 amide bonds. The predicted octanol–water partition coefficient (Wildman–Crippen LogP) is 0.459. The Balaban J connectivity index is 2.68. The van der Waals surface area contributed by atoms with Gasteiger partial charge in [-0.15, -0.1) is 0 Å². The topological polar surface area (TPSA) is 113 Å². The van der Waals surface area contributed by atoms with Crippen LogP contribution in [0.25, 0.3) is 0 Å². The monoisotopic (exact) mass is 313 g/mol. The lowest BCUT2D eigenvalue weighted by Gasteiger charge is -2.18. The van der Waals surface area contributed by atoms with Crippen LogP contribution in [0.2, 0.25) is 5.02 Å². The van der Waals surface area contributed by atoms with E-state index in [0.29, 0.717) is 10.7 Å². The number of primary amides is 1. The number of carbonyl (C=O) groups is 3. The predicted molar refractivity (Wildman–Crippen MR) is 78.1 cm³/mol. The summed E-state index contributed by atoms with van der Waals surface area (Å²) >= 11 is 5.98. The fourth-order valence-electron chi connectivity index (χ4n) is 1.69. The van der Waals surface area contributed by atoms with Crippen LogP contribution in [0.1, 0.15) is 5.56 Å². The van der Waals surface area contributed by atoms with E-state index in [2.05, 4.69) is 5.32 Å². The van der Waals surface area contributed by atoms with Crippen LogP contribution >= 0.6 is 11.6 Å². The number of aryl methyl sites for hydroxylation is 1. The van der Waals surface area contributed by atoms with E-state index in [-0.39, 0.29) is 13.1 Å². The highest BCUT2D eigenvalue weighted by Gasteiger charge is 2.16. The molecule has 21 heavy (non-hydrogen) atoms. The van der Waals surface area contributed by atoms with Gasteiger partial charge in [0.25, 0.3) is 0 Å². The van der Waals surface area contributed by atoms with Crippen LogP contribution in [0.5, 0.6) is 0 Å². The number of carboxylic acid groups (broad SMARTS) is 1. The van der Waals surface area contributed by atoms with E-state index in [4.69, 9.17) is 22.4 Å². The number of carbonyl (C=O) groups excluding carboxylic acids is 2. The van der Waals surface area contributed by atoms with E-state index in [1.165, 1.54) is 0 Å². The molecule has 0 aromatic heterocycles. The van der Waals surface area contributed by atoms with Crippen molar-refractivity contribution in [3.8, 4) is 0 Å². The Bertz CT molecular complexity index is 546. The number of carboxylic acids is 1. The third-order valence-corrected chi connectivity index (χ3v) is 2.82. The van der Waals surface area contributed by atoms with Gasteiger partial charge >= 0.3 is 5.97 Å². The van der Waals surface area contributed by atoms with Gasteiger partial charge in [0.05, 0.1) is 30.3 Å². The average molecular weight is 314 g/mol. The third kappa shape index (κ3) is 6.24. The third-order valence-electron chi connectivity index (χ3n) is 2.50. The molecule has 1 aromatic rings. The molecule has 0 saturated carbocycles. The molecule has 0 radical (unpaired) electrons. The fraction of sp³-hybridized carbons (Fsp3) is 0.308.